The maximum absolute atomic E-state index is 11.5. The predicted molar refractivity (Wildman–Crippen MR) is 106 cm³/mol. The van der Waals surface area contributed by atoms with E-state index in [9.17, 15) is 4.79 Å². The van der Waals surface area contributed by atoms with Gasteiger partial charge in [0.2, 0.25) is 0 Å². The first-order valence-electron chi connectivity index (χ1n) is 8.45. The summed E-state index contributed by atoms with van der Waals surface area (Å²) in [4.78, 5) is 11.5. The molecule has 24 heavy (non-hydrogen) atoms. The minimum absolute atomic E-state index is 0.230. The number of aldehydes is 1. The van der Waals surface area contributed by atoms with E-state index in [1.165, 1.54) is 5.57 Å². The summed E-state index contributed by atoms with van der Waals surface area (Å²) >= 11 is 0. The molecule has 1 atom stereocenters. The van der Waals surface area contributed by atoms with Crippen molar-refractivity contribution in [3.8, 4) is 0 Å². The van der Waals surface area contributed by atoms with Crippen LogP contribution < -0.4 is 10.6 Å². The quantitative estimate of drug-likeness (QED) is 0.416. The number of hydrogen-bond acceptors (Lipinski definition) is 3. The van der Waals surface area contributed by atoms with Gasteiger partial charge in [-0.15, -0.1) is 0 Å². The highest BCUT2D eigenvalue weighted by Crippen LogP contribution is 2.12. The van der Waals surface area contributed by atoms with Gasteiger partial charge in [-0.2, -0.15) is 0 Å². The van der Waals surface area contributed by atoms with E-state index in [0.717, 1.165) is 36.9 Å². The number of likely N-dealkylation sites (N-methyl/N-ethyl adjacent to an activating group) is 1. The molecule has 3 heteroatoms. The summed E-state index contributed by atoms with van der Waals surface area (Å²) in [5.41, 5.74) is 3.27. The first kappa shape index (κ1) is 21.9. The molecule has 2 N–H and O–H groups in total. The number of carbonyl (C=O) groups excluding carboxylic acids is 1. The van der Waals surface area contributed by atoms with Gasteiger partial charge in [-0.25, -0.2) is 0 Å². The monoisotopic (exact) mass is 328 g/mol. The number of allylic oxidation sites excluding steroid dienone is 8. The van der Waals surface area contributed by atoms with Crippen LogP contribution in [0, 0.1) is 0 Å². The molecule has 1 unspecified atom stereocenters. The third kappa shape index (κ3) is 9.11. The van der Waals surface area contributed by atoms with Gasteiger partial charge in [-0.3, -0.25) is 0 Å². The Kier molecular flexibility index (Phi) is 13.2. The third-order valence-corrected chi connectivity index (χ3v) is 3.38. The average Bonchev–Trinajstić information content (AvgIpc) is 2.57. The summed E-state index contributed by atoms with van der Waals surface area (Å²) in [5, 5.41) is 6.54. The molecule has 0 radical (unpaired) electrons. The zero-order valence-corrected chi connectivity index (χ0v) is 15.5. The molecule has 0 aliphatic heterocycles. The fourth-order valence-electron chi connectivity index (χ4n) is 2.33. The first-order chi connectivity index (χ1) is 11.7. The number of hydrogen-bond donors (Lipinski definition) is 2. The van der Waals surface area contributed by atoms with E-state index in [-0.39, 0.29) is 6.04 Å². The molecule has 0 aliphatic carbocycles. The smallest absolute Gasteiger partial charge is 0.142 e. The van der Waals surface area contributed by atoms with Crippen molar-refractivity contribution in [2.75, 3.05) is 13.6 Å². The normalized spacial score (nSPS) is 15.1. The van der Waals surface area contributed by atoms with Crippen LogP contribution in [0.1, 0.15) is 33.6 Å². The van der Waals surface area contributed by atoms with Gasteiger partial charge in [-0.1, -0.05) is 49.1 Å². The lowest BCUT2D eigenvalue weighted by atomic mass is 10.0. The third-order valence-electron chi connectivity index (χ3n) is 3.38. The van der Waals surface area contributed by atoms with E-state index < -0.39 is 0 Å². The maximum atomic E-state index is 11.5. The highest BCUT2D eigenvalue weighted by atomic mass is 16.1. The topological polar surface area (TPSA) is 41.1 Å². The minimum atomic E-state index is -0.230. The molecule has 132 valence electrons. The van der Waals surface area contributed by atoms with Gasteiger partial charge in [0.25, 0.3) is 0 Å². The molecule has 0 spiro atoms. The molecular formula is C21H32N2O. The zero-order chi connectivity index (χ0) is 18.2. The SMILES string of the molecule is C=C/C=C(\C=C/C)CCC(C=O)NC(/C=C\C)=C(/C=C\C)CNC. The lowest BCUT2D eigenvalue weighted by molar-refractivity contribution is -0.109. The fourth-order valence-corrected chi connectivity index (χ4v) is 2.33. The zero-order valence-electron chi connectivity index (χ0n) is 15.5. The van der Waals surface area contributed by atoms with Crippen LogP contribution >= 0.6 is 0 Å². The van der Waals surface area contributed by atoms with Gasteiger partial charge in [0.1, 0.15) is 6.29 Å². The second-order valence-electron chi connectivity index (χ2n) is 5.37. The van der Waals surface area contributed by atoms with E-state index in [1.54, 1.807) is 6.08 Å². The summed E-state index contributed by atoms with van der Waals surface area (Å²) in [5.74, 6) is 0. The Hall–Kier alpha value is -2.13. The van der Waals surface area contributed by atoms with E-state index in [0.29, 0.717) is 0 Å². The number of carbonyl (C=O) groups is 1. The average molecular weight is 329 g/mol. The van der Waals surface area contributed by atoms with E-state index in [4.69, 9.17) is 0 Å². The maximum Gasteiger partial charge on any atom is 0.142 e. The Morgan fingerprint density at radius 2 is 1.75 bits per heavy atom. The highest BCUT2D eigenvalue weighted by molar-refractivity contribution is 5.59. The fraction of sp³-hybridized carbons (Fsp3) is 0.381. The van der Waals surface area contributed by atoms with Crippen molar-refractivity contribution in [1.29, 1.82) is 0 Å². The van der Waals surface area contributed by atoms with Gasteiger partial charge in [0.05, 0.1) is 6.04 Å². The van der Waals surface area contributed by atoms with Crippen LogP contribution in [0.25, 0.3) is 0 Å². The van der Waals surface area contributed by atoms with Gasteiger partial charge >= 0.3 is 0 Å². The molecule has 0 saturated carbocycles. The van der Waals surface area contributed by atoms with E-state index >= 15 is 0 Å². The van der Waals surface area contributed by atoms with Crippen molar-refractivity contribution < 1.29 is 4.79 Å². The molecular weight excluding hydrogens is 296 g/mol. The Morgan fingerprint density at radius 3 is 2.25 bits per heavy atom. The molecule has 0 rings (SSSR count). The van der Waals surface area contributed by atoms with Crippen LogP contribution in [0.2, 0.25) is 0 Å². The van der Waals surface area contributed by atoms with E-state index in [2.05, 4.69) is 29.4 Å². The van der Waals surface area contributed by atoms with Crippen LogP contribution in [0.15, 0.2) is 72.0 Å². The molecule has 0 fully saturated rings. The molecule has 0 saturated heterocycles. The van der Waals surface area contributed by atoms with Crippen molar-refractivity contribution in [3.05, 3.63) is 72.0 Å². The lowest BCUT2D eigenvalue weighted by Crippen LogP contribution is -2.31. The molecule has 0 heterocycles. The molecule has 3 nitrogen and oxygen atoms in total. The van der Waals surface area contributed by atoms with E-state index in [1.807, 2.05) is 58.2 Å². The minimum Gasteiger partial charge on any atom is -0.375 e. The van der Waals surface area contributed by atoms with Crippen LogP contribution in [0.3, 0.4) is 0 Å². The number of nitrogens with one attached hydrogen (secondary N) is 2. The Balaban J connectivity index is 5.21. The Labute approximate surface area is 147 Å². The second-order valence-corrected chi connectivity index (χ2v) is 5.37. The summed E-state index contributed by atoms with van der Waals surface area (Å²) < 4.78 is 0. The highest BCUT2D eigenvalue weighted by Gasteiger charge is 2.10. The standard InChI is InChI=1S/C21H32N2O/c1-6-10-18(11-7-2)14-15-20(17-24)23-21(13-9-4)19(12-8-3)16-22-5/h6-13,17,20,22-23H,1,14-16H2,2-5H3/b11-7-,12-8-,13-9-,18-10+,21-19-. The van der Waals surface area contributed by atoms with Crippen LogP contribution in [0.5, 0.6) is 0 Å². The van der Waals surface area contributed by atoms with Crippen molar-refractivity contribution in [2.24, 2.45) is 0 Å². The second kappa shape index (κ2) is 14.5. The van der Waals surface area contributed by atoms with Gasteiger partial charge in [0.15, 0.2) is 0 Å². The molecule has 0 aromatic carbocycles. The summed E-state index contributed by atoms with van der Waals surface area (Å²) in [6.45, 7) is 10.4. The predicted octanol–water partition coefficient (Wildman–Crippen LogP) is 4.24. The Morgan fingerprint density at radius 1 is 1.08 bits per heavy atom. The van der Waals surface area contributed by atoms with Crippen LogP contribution in [0.4, 0.5) is 0 Å². The van der Waals surface area contributed by atoms with Crippen molar-refractivity contribution in [1.82, 2.24) is 10.6 Å². The Bertz CT molecular complexity index is 522. The number of rotatable bonds is 12. The van der Waals surface area contributed by atoms with Gasteiger partial charge in [-0.05, 0) is 57.9 Å². The van der Waals surface area contributed by atoms with Crippen molar-refractivity contribution in [3.63, 3.8) is 0 Å². The molecule has 0 aromatic heterocycles. The molecule has 0 amide bonds. The lowest BCUT2D eigenvalue weighted by Gasteiger charge is -2.18. The van der Waals surface area contributed by atoms with Crippen molar-refractivity contribution in [2.45, 2.75) is 39.7 Å². The van der Waals surface area contributed by atoms with Crippen LogP contribution in [-0.2, 0) is 4.79 Å². The summed E-state index contributed by atoms with van der Waals surface area (Å²) in [6, 6.07) is -0.230. The van der Waals surface area contributed by atoms with Crippen molar-refractivity contribution >= 4 is 6.29 Å². The summed E-state index contributed by atoms with van der Waals surface area (Å²) in [7, 11) is 1.91. The summed E-state index contributed by atoms with van der Waals surface area (Å²) in [6.07, 6.45) is 18.4. The first-order valence-corrected chi connectivity index (χ1v) is 8.45. The molecule has 0 bridgehead atoms. The molecule has 0 aromatic rings. The van der Waals surface area contributed by atoms with Gasteiger partial charge in [0, 0.05) is 12.2 Å². The van der Waals surface area contributed by atoms with Crippen LogP contribution in [-0.4, -0.2) is 25.9 Å². The molecule has 0 aliphatic rings. The van der Waals surface area contributed by atoms with Gasteiger partial charge < -0.3 is 15.4 Å². The largest absolute Gasteiger partial charge is 0.375 e.